The van der Waals surface area contributed by atoms with Gasteiger partial charge in [0.25, 0.3) is 0 Å². The predicted molar refractivity (Wildman–Crippen MR) is 60.1 cm³/mol. The monoisotopic (exact) mass is 210 g/mol. The van der Waals surface area contributed by atoms with E-state index in [0.29, 0.717) is 6.61 Å². The van der Waals surface area contributed by atoms with E-state index in [1.165, 1.54) is 18.6 Å². The van der Waals surface area contributed by atoms with Gasteiger partial charge in [0.05, 0.1) is 6.61 Å². The summed E-state index contributed by atoms with van der Waals surface area (Å²) in [7, 11) is 0. The molecule has 84 valence electrons. The van der Waals surface area contributed by atoms with Crippen LogP contribution in [0.15, 0.2) is 24.3 Å². The molecule has 0 spiro atoms. The Hall–Kier alpha value is -0.890. The minimum Gasteiger partial charge on any atom is -0.377 e. The van der Waals surface area contributed by atoms with Crippen LogP contribution in [0.4, 0.5) is 4.39 Å². The van der Waals surface area contributed by atoms with E-state index in [0.717, 1.165) is 24.5 Å². The van der Waals surface area contributed by atoms with Gasteiger partial charge in [-0.05, 0) is 36.5 Å². The molecular formula is C13H19FO. The number of rotatable bonds is 6. The van der Waals surface area contributed by atoms with Crippen molar-refractivity contribution in [3.63, 3.8) is 0 Å². The van der Waals surface area contributed by atoms with E-state index in [-0.39, 0.29) is 5.82 Å². The molecule has 2 heteroatoms. The third-order valence-electron chi connectivity index (χ3n) is 2.25. The SMILES string of the molecule is CC(C)CCCOCc1ccc(F)cc1. The van der Waals surface area contributed by atoms with Gasteiger partial charge in [0.2, 0.25) is 0 Å². The lowest BCUT2D eigenvalue weighted by atomic mass is 10.1. The maximum atomic E-state index is 12.6. The van der Waals surface area contributed by atoms with Crippen LogP contribution in [0.3, 0.4) is 0 Å². The first-order chi connectivity index (χ1) is 7.18. The molecule has 0 unspecified atom stereocenters. The molecule has 0 radical (unpaired) electrons. The molecule has 1 aromatic carbocycles. The zero-order chi connectivity index (χ0) is 11.1. The normalized spacial score (nSPS) is 10.9. The van der Waals surface area contributed by atoms with Crippen molar-refractivity contribution in [1.29, 1.82) is 0 Å². The van der Waals surface area contributed by atoms with Crippen molar-refractivity contribution < 1.29 is 9.13 Å². The Morgan fingerprint density at radius 1 is 1.20 bits per heavy atom. The highest BCUT2D eigenvalue weighted by Crippen LogP contribution is 2.06. The molecule has 0 bridgehead atoms. The third kappa shape index (κ3) is 5.53. The van der Waals surface area contributed by atoms with Crippen molar-refractivity contribution in [2.75, 3.05) is 6.61 Å². The predicted octanol–water partition coefficient (Wildman–Crippen LogP) is 3.78. The van der Waals surface area contributed by atoms with Gasteiger partial charge in [-0.25, -0.2) is 4.39 Å². The number of halogens is 1. The van der Waals surface area contributed by atoms with Gasteiger partial charge in [-0.2, -0.15) is 0 Å². The van der Waals surface area contributed by atoms with Gasteiger partial charge in [0.1, 0.15) is 5.82 Å². The van der Waals surface area contributed by atoms with Gasteiger partial charge in [0.15, 0.2) is 0 Å². The van der Waals surface area contributed by atoms with Crippen molar-refractivity contribution >= 4 is 0 Å². The van der Waals surface area contributed by atoms with Crippen LogP contribution in [0.1, 0.15) is 32.3 Å². The fourth-order valence-electron chi connectivity index (χ4n) is 1.36. The Labute approximate surface area is 91.3 Å². The zero-order valence-electron chi connectivity index (χ0n) is 9.50. The standard InChI is InChI=1S/C13H19FO/c1-11(2)4-3-9-15-10-12-5-7-13(14)8-6-12/h5-8,11H,3-4,9-10H2,1-2H3. The molecule has 0 aliphatic heterocycles. The maximum absolute atomic E-state index is 12.6. The minimum absolute atomic E-state index is 0.196. The van der Waals surface area contributed by atoms with Crippen LogP contribution in [-0.2, 0) is 11.3 Å². The van der Waals surface area contributed by atoms with E-state index in [1.54, 1.807) is 12.1 Å². The van der Waals surface area contributed by atoms with Crippen LogP contribution in [-0.4, -0.2) is 6.61 Å². The fraction of sp³-hybridized carbons (Fsp3) is 0.538. The zero-order valence-corrected chi connectivity index (χ0v) is 9.50. The quantitative estimate of drug-likeness (QED) is 0.649. The van der Waals surface area contributed by atoms with Crippen molar-refractivity contribution in [1.82, 2.24) is 0 Å². The highest BCUT2D eigenvalue weighted by atomic mass is 19.1. The molecule has 15 heavy (non-hydrogen) atoms. The summed E-state index contributed by atoms with van der Waals surface area (Å²) in [6, 6.07) is 6.45. The van der Waals surface area contributed by atoms with Gasteiger partial charge in [0, 0.05) is 6.61 Å². The Morgan fingerprint density at radius 2 is 1.87 bits per heavy atom. The topological polar surface area (TPSA) is 9.23 Å². The molecule has 0 amide bonds. The highest BCUT2D eigenvalue weighted by Gasteiger charge is 1.96. The summed E-state index contributed by atoms with van der Waals surface area (Å²) in [5.41, 5.74) is 1.03. The van der Waals surface area contributed by atoms with Gasteiger partial charge in [-0.15, -0.1) is 0 Å². The van der Waals surface area contributed by atoms with Crippen LogP contribution in [0.5, 0.6) is 0 Å². The van der Waals surface area contributed by atoms with E-state index >= 15 is 0 Å². The fourth-order valence-corrected chi connectivity index (χ4v) is 1.36. The lowest BCUT2D eigenvalue weighted by Crippen LogP contribution is -1.97. The molecule has 0 saturated heterocycles. The second kappa shape index (κ2) is 6.57. The lowest BCUT2D eigenvalue weighted by Gasteiger charge is -2.06. The van der Waals surface area contributed by atoms with Gasteiger partial charge in [-0.1, -0.05) is 26.0 Å². The van der Waals surface area contributed by atoms with Crippen LogP contribution < -0.4 is 0 Å². The van der Waals surface area contributed by atoms with Crippen LogP contribution in [0.25, 0.3) is 0 Å². The van der Waals surface area contributed by atoms with Gasteiger partial charge in [-0.3, -0.25) is 0 Å². The number of ether oxygens (including phenoxy) is 1. The summed E-state index contributed by atoms with van der Waals surface area (Å²) in [6.45, 7) is 5.79. The van der Waals surface area contributed by atoms with Crippen LogP contribution in [0, 0.1) is 11.7 Å². The Kier molecular flexibility index (Phi) is 5.33. The number of hydrogen-bond acceptors (Lipinski definition) is 1. The first-order valence-corrected chi connectivity index (χ1v) is 5.50. The van der Waals surface area contributed by atoms with Crippen molar-refractivity contribution in [2.45, 2.75) is 33.3 Å². The highest BCUT2D eigenvalue weighted by molar-refractivity contribution is 5.14. The molecule has 0 aromatic heterocycles. The van der Waals surface area contributed by atoms with Crippen molar-refractivity contribution in [2.24, 2.45) is 5.92 Å². The number of hydrogen-bond donors (Lipinski definition) is 0. The van der Waals surface area contributed by atoms with E-state index in [2.05, 4.69) is 13.8 Å². The summed E-state index contributed by atoms with van der Waals surface area (Å²) < 4.78 is 18.1. The smallest absolute Gasteiger partial charge is 0.123 e. The average molecular weight is 210 g/mol. The molecule has 0 aliphatic rings. The molecule has 0 aliphatic carbocycles. The summed E-state index contributed by atoms with van der Waals surface area (Å²) in [6.07, 6.45) is 2.29. The largest absolute Gasteiger partial charge is 0.377 e. The lowest BCUT2D eigenvalue weighted by molar-refractivity contribution is 0.115. The summed E-state index contributed by atoms with van der Waals surface area (Å²) in [5, 5.41) is 0. The molecule has 0 N–H and O–H groups in total. The van der Waals surface area contributed by atoms with E-state index in [4.69, 9.17) is 4.74 Å². The molecule has 1 rings (SSSR count). The second-order valence-electron chi connectivity index (χ2n) is 4.22. The van der Waals surface area contributed by atoms with Gasteiger partial charge < -0.3 is 4.74 Å². The van der Waals surface area contributed by atoms with E-state index in [1.807, 2.05) is 0 Å². The Morgan fingerprint density at radius 3 is 2.47 bits per heavy atom. The van der Waals surface area contributed by atoms with Crippen LogP contribution in [0.2, 0.25) is 0 Å². The van der Waals surface area contributed by atoms with Crippen LogP contribution >= 0.6 is 0 Å². The summed E-state index contributed by atoms with van der Waals surface area (Å²) >= 11 is 0. The summed E-state index contributed by atoms with van der Waals surface area (Å²) in [5.74, 6) is 0.540. The van der Waals surface area contributed by atoms with E-state index < -0.39 is 0 Å². The third-order valence-corrected chi connectivity index (χ3v) is 2.25. The number of benzene rings is 1. The second-order valence-corrected chi connectivity index (χ2v) is 4.22. The summed E-state index contributed by atoms with van der Waals surface area (Å²) in [4.78, 5) is 0. The first-order valence-electron chi connectivity index (χ1n) is 5.50. The molecule has 0 heterocycles. The molecular weight excluding hydrogens is 191 g/mol. The van der Waals surface area contributed by atoms with Gasteiger partial charge >= 0.3 is 0 Å². The molecule has 0 fully saturated rings. The Bertz CT molecular complexity index is 266. The van der Waals surface area contributed by atoms with Crippen molar-refractivity contribution in [3.8, 4) is 0 Å². The maximum Gasteiger partial charge on any atom is 0.123 e. The van der Waals surface area contributed by atoms with Crippen molar-refractivity contribution in [3.05, 3.63) is 35.6 Å². The first kappa shape index (κ1) is 12.2. The minimum atomic E-state index is -0.196. The molecule has 0 saturated carbocycles. The molecule has 1 aromatic rings. The molecule has 0 atom stereocenters. The van der Waals surface area contributed by atoms with E-state index in [9.17, 15) is 4.39 Å². The molecule has 1 nitrogen and oxygen atoms in total. The Balaban J connectivity index is 2.12. The average Bonchev–Trinajstić information content (AvgIpc) is 2.20.